The lowest BCUT2D eigenvalue weighted by Gasteiger charge is -2.08. The van der Waals surface area contributed by atoms with Crippen LogP contribution in [0.15, 0.2) is 67.3 Å². The molecule has 4 rings (SSSR count). The van der Waals surface area contributed by atoms with Crippen molar-refractivity contribution in [2.75, 3.05) is 10.6 Å². The largest absolute Gasteiger partial charge is 0.337 e. The molecule has 0 aliphatic heterocycles. The second kappa shape index (κ2) is 8.01. The highest BCUT2D eigenvalue weighted by molar-refractivity contribution is 7.22. The Morgan fingerprint density at radius 2 is 1.96 bits per heavy atom. The number of hydrogen-bond donors (Lipinski definition) is 2. The Balaban J connectivity index is 1.39. The van der Waals surface area contributed by atoms with Crippen LogP contribution in [0.2, 0.25) is 0 Å². The van der Waals surface area contributed by atoms with Crippen molar-refractivity contribution in [3.63, 3.8) is 0 Å². The number of fused-ring (bicyclic) bond motifs is 1. The van der Waals surface area contributed by atoms with Crippen LogP contribution in [0.25, 0.3) is 10.2 Å². The molecule has 0 bridgehead atoms. The van der Waals surface area contributed by atoms with E-state index >= 15 is 0 Å². The van der Waals surface area contributed by atoms with Crippen LogP contribution >= 0.6 is 11.3 Å². The SMILES string of the molecule is O=C(CCn1ccnc1)Nc1cccc(C(=O)Nc2nc3ccccc3s2)c1. The van der Waals surface area contributed by atoms with Crippen molar-refractivity contribution in [2.45, 2.75) is 13.0 Å². The highest BCUT2D eigenvalue weighted by atomic mass is 32.1. The predicted molar refractivity (Wildman–Crippen MR) is 109 cm³/mol. The molecular formula is C20H17N5O2S. The van der Waals surface area contributed by atoms with Gasteiger partial charge in [-0.15, -0.1) is 0 Å². The number of aryl methyl sites for hydroxylation is 1. The predicted octanol–water partition coefficient (Wildman–Crippen LogP) is 3.77. The third-order valence-electron chi connectivity index (χ3n) is 4.08. The number of thiazole rings is 1. The Labute approximate surface area is 165 Å². The Morgan fingerprint density at radius 1 is 1.07 bits per heavy atom. The number of nitrogens with zero attached hydrogens (tertiary/aromatic N) is 3. The smallest absolute Gasteiger partial charge is 0.257 e. The van der Waals surface area contributed by atoms with E-state index < -0.39 is 0 Å². The quantitative estimate of drug-likeness (QED) is 0.524. The van der Waals surface area contributed by atoms with Gasteiger partial charge in [0.25, 0.3) is 5.91 Å². The molecular weight excluding hydrogens is 374 g/mol. The summed E-state index contributed by atoms with van der Waals surface area (Å²) in [5, 5.41) is 6.18. The second-order valence-electron chi connectivity index (χ2n) is 6.12. The second-order valence-corrected chi connectivity index (χ2v) is 7.15. The number of aromatic nitrogens is 3. The zero-order valence-electron chi connectivity index (χ0n) is 14.8. The number of carbonyl (C=O) groups excluding carboxylic acids is 2. The van der Waals surface area contributed by atoms with Crippen LogP contribution in [0, 0.1) is 0 Å². The van der Waals surface area contributed by atoms with Crippen LogP contribution in [0.5, 0.6) is 0 Å². The van der Waals surface area contributed by atoms with Gasteiger partial charge < -0.3 is 9.88 Å². The minimum absolute atomic E-state index is 0.127. The number of hydrogen-bond acceptors (Lipinski definition) is 5. The third kappa shape index (κ3) is 4.24. The molecule has 0 spiro atoms. The van der Waals surface area contributed by atoms with E-state index in [-0.39, 0.29) is 11.8 Å². The van der Waals surface area contributed by atoms with Gasteiger partial charge in [0, 0.05) is 36.6 Å². The number of imidazole rings is 1. The van der Waals surface area contributed by atoms with Gasteiger partial charge in [-0.25, -0.2) is 9.97 Å². The van der Waals surface area contributed by atoms with Gasteiger partial charge in [0.15, 0.2) is 5.13 Å². The summed E-state index contributed by atoms with van der Waals surface area (Å²) >= 11 is 1.42. The molecule has 0 aliphatic rings. The molecule has 4 aromatic rings. The summed E-state index contributed by atoms with van der Waals surface area (Å²) < 4.78 is 2.85. The molecule has 28 heavy (non-hydrogen) atoms. The molecule has 0 aliphatic carbocycles. The minimum Gasteiger partial charge on any atom is -0.337 e. The van der Waals surface area contributed by atoms with Crippen molar-refractivity contribution in [3.8, 4) is 0 Å². The van der Waals surface area contributed by atoms with Crippen molar-refractivity contribution in [3.05, 3.63) is 72.8 Å². The first kappa shape index (κ1) is 17.9. The summed E-state index contributed by atoms with van der Waals surface area (Å²) in [5.41, 5.74) is 1.88. The summed E-state index contributed by atoms with van der Waals surface area (Å²) in [6.45, 7) is 0.545. The molecule has 0 unspecified atom stereocenters. The Kier molecular flexibility index (Phi) is 5.11. The molecule has 2 heterocycles. The lowest BCUT2D eigenvalue weighted by Crippen LogP contribution is -2.15. The Hall–Kier alpha value is -3.52. The Morgan fingerprint density at radius 3 is 2.79 bits per heavy atom. The highest BCUT2D eigenvalue weighted by Gasteiger charge is 2.11. The maximum absolute atomic E-state index is 12.5. The fraction of sp³-hybridized carbons (Fsp3) is 0.100. The van der Waals surface area contributed by atoms with Crippen molar-refractivity contribution in [1.82, 2.24) is 14.5 Å². The summed E-state index contributed by atoms with van der Waals surface area (Å²) in [6.07, 6.45) is 5.46. The van der Waals surface area contributed by atoms with Gasteiger partial charge in [-0.3, -0.25) is 14.9 Å². The van der Waals surface area contributed by atoms with Gasteiger partial charge in [0.2, 0.25) is 5.91 Å². The summed E-state index contributed by atoms with van der Waals surface area (Å²) in [7, 11) is 0. The average molecular weight is 391 g/mol. The lowest BCUT2D eigenvalue weighted by molar-refractivity contribution is -0.116. The molecule has 140 valence electrons. The molecule has 2 amide bonds. The Bertz CT molecular complexity index is 1090. The maximum atomic E-state index is 12.5. The summed E-state index contributed by atoms with van der Waals surface area (Å²) in [5.74, 6) is -0.397. The number of nitrogens with one attached hydrogen (secondary N) is 2. The zero-order chi connectivity index (χ0) is 19.3. The first-order chi connectivity index (χ1) is 13.7. The molecule has 7 nitrogen and oxygen atoms in total. The molecule has 0 radical (unpaired) electrons. The van der Waals surface area contributed by atoms with Gasteiger partial charge in [-0.05, 0) is 30.3 Å². The monoisotopic (exact) mass is 391 g/mol. The van der Waals surface area contributed by atoms with Gasteiger partial charge in [0.05, 0.1) is 16.5 Å². The standard InChI is InChI=1S/C20H17N5O2S/c26-18(8-10-25-11-9-21-13-25)22-15-5-3-4-14(12-15)19(27)24-20-23-16-6-1-2-7-17(16)28-20/h1-7,9,11-13H,8,10H2,(H,22,26)(H,23,24,27). The van der Waals surface area contributed by atoms with E-state index in [9.17, 15) is 9.59 Å². The van der Waals surface area contributed by atoms with Crippen LogP contribution in [-0.2, 0) is 11.3 Å². The number of benzene rings is 2. The lowest BCUT2D eigenvalue weighted by atomic mass is 10.2. The molecule has 0 fully saturated rings. The number of rotatable bonds is 6. The molecule has 8 heteroatoms. The summed E-state index contributed by atoms with van der Waals surface area (Å²) in [4.78, 5) is 33.0. The van der Waals surface area contributed by atoms with Gasteiger partial charge in [0.1, 0.15) is 0 Å². The van der Waals surface area contributed by atoms with Crippen LogP contribution in [0.4, 0.5) is 10.8 Å². The fourth-order valence-corrected chi connectivity index (χ4v) is 3.57. The van der Waals surface area contributed by atoms with E-state index in [1.165, 1.54) is 11.3 Å². The molecule has 0 saturated carbocycles. The van der Waals surface area contributed by atoms with Crippen molar-refractivity contribution < 1.29 is 9.59 Å². The first-order valence-electron chi connectivity index (χ1n) is 8.70. The van der Waals surface area contributed by atoms with Crippen LogP contribution in [-0.4, -0.2) is 26.3 Å². The van der Waals surface area contributed by atoms with E-state index in [0.717, 1.165) is 10.2 Å². The van der Waals surface area contributed by atoms with Gasteiger partial charge >= 0.3 is 0 Å². The van der Waals surface area contributed by atoms with E-state index in [1.807, 2.05) is 28.8 Å². The van der Waals surface area contributed by atoms with Gasteiger partial charge in [-0.2, -0.15) is 0 Å². The van der Waals surface area contributed by atoms with E-state index in [2.05, 4.69) is 20.6 Å². The van der Waals surface area contributed by atoms with E-state index in [1.54, 1.807) is 43.0 Å². The first-order valence-corrected chi connectivity index (χ1v) is 9.51. The fourth-order valence-electron chi connectivity index (χ4n) is 2.71. The van der Waals surface area contributed by atoms with Crippen molar-refractivity contribution in [2.24, 2.45) is 0 Å². The molecule has 2 N–H and O–H groups in total. The maximum Gasteiger partial charge on any atom is 0.257 e. The number of anilines is 2. The van der Waals surface area contributed by atoms with E-state index in [4.69, 9.17) is 0 Å². The van der Waals surface area contributed by atoms with Crippen LogP contribution in [0.1, 0.15) is 16.8 Å². The topological polar surface area (TPSA) is 88.9 Å². The number of carbonyl (C=O) groups is 2. The normalized spacial score (nSPS) is 10.7. The number of amides is 2. The van der Waals surface area contributed by atoms with Crippen LogP contribution < -0.4 is 10.6 Å². The van der Waals surface area contributed by atoms with Crippen molar-refractivity contribution in [1.29, 1.82) is 0 Å². The molecule has 2 aromatic heterocycles. The minimum atomic E-state index is -0.270. The molecule has 2 aromatic carbocycles. The average Bonchev–Trinajstić information content (AvgIpc) is 3.35. The third-order valence-corrected chi connectivity index (χ3v) is 5.03. The zero-order valence-corrected chi connectivity index (χ0v) is 15.6. The highest BCUT2D eigenvalue weighted by Crippen LogP contribution is 2.26. The van der Waals surface area contributed by atoms with Crippen LogP contribution in [0.3, 0.4) is 0 Å². The summed E-state index contributed by atoms with van der Waals surface area (Å²) in [6, 6.07) is 14.5. The van der Waals surface area contributed by atoms with E-state index in [0.29, 0.717) is 29.3 Å². The number of para-hydroxylation sites is 1. The molecule has 0 saturated heterocycles. The molecule has 0 atom stereocenters. The van der Waals surface area contributed by atoms with Gasteiger partial charge in [-0.1, -0.05) is 29.5 Å². The van der Waals surface area contributed by atoms with Crippen molar-refractivity contribution >= 4 is 44.2 Å².